The summed E-state index contributed by atoms with van der Waals surface area (Å²) >= 11 is 1.67. The summed E-state index contributed by atoms with van der Waals surface area (Å²) in [6.45, 7) is 2.88. The van der Waals surface area contributed by atoms with Crippen molar-refractivity contribution in [2.24, 2.45) is 4.99 Å². The van der Waals surface area contributed by atoms with Crippen LogP contribution in [0.2, 0.25) is 0 Å². The van der Waals surface area contributed by atoms with E-state index in [0.29, 0.717) is 24.1 Å². The van der Waals surface area contributed by atoms with Crippen LogP contribution in [-0.4, -0.2) is 32.0 Å². The number of nitrogens with one attached hydrogen (secondary N) is 3. The van der Waals surface area contributed by atoms with Crippen LogP contribution >= 0.6 is 35.3 Å². The molecule has 0 spiro atoms. The van der Waals surface area contributed by atoms with Crippen LogP contribution in [0.15, 0.2) is 46.1 Å². The van der Waals surface area contributed by atoms with Crippen LogP contribution in [0, 0.1) is 5.82 Å². The van der Waals surface area contributed by atoms with E-state index in [4.69, 9.17) is 0 Å². The maximum atomic E-state index is 13.1. The number of anilines is 1. The predicted octanol–water partition coefficient (Wildman–Crippen LogP) is 3.41. The summed E-state index contributed by atoms with van der Waals surface area (Å²) in [5, 5.41) is 12.9. The average Bonchev–Trinajstić information content (AvgIpc) is 3.09. The van der Waals surface area contributed by atoms with Crippen molar-refractivity contribution in [2.75, 3.05) is 25.5 Å². The van der Waals surface area contributed by atoms with Crippen molar-refractivity contribution in [1.82, 2.24) is 10.6 Å². The molecule has 1 unspecified atom stereocenters. The Bertz CT molecular complexity index is 694. The number of benzene rings is 1. The summed E-state index contributed by atoms with van der Waals surface area (Å²) in [4.78, 5) is 16.0. The second kappa shape index (κ2) is 11.0. The molecule has 1 aromatic carbocycles. The van der Waals surface area contributed by atoms with Gasteiger partial charge in [0.05, 0.1) is 6.54 Å². The van der Waals surface area contributed by atoms with E-state index < -0.39 is 0 Å². The molecule has 0 fully saturated rings. The van der Waals surface area contributed by atoms with Crippen LogP contribution in [0.3, 0.4) is 0 Å². The van der Waals surface area contributed by atoms with Gasteiger partial charge >= 0.3 is 0 Å². The van der Waals surface area contributed by atoms with Gasteiger partial charge in [0.2, 0.25) is 5.91 Å². The van der Waals surface area contributed by atoms with Crippen LogP contribution in [0.1, 0.15) is 18.4 Å². The summed E-state index contributed by atoms with van der Waals surface area (Å²) in [5.74, 6) is 0.234. The zero-order chi connectivity index (χ0) is 17.4. The van der Waals surface area contributed by atoms with Crippen molar-refractivity contribution in [3.63, 3.8) is 0 Å². The van der Waals surface area contributed by atoms with E-state index in [1.165, 1.54) is 17.7 Å². The maximum absolute atomic E-state index is 13.1. The molecule has 0 aliphatic heterocycles. The molecule has 5 nitrogen and oxygen atoms in total. The third-order valence-electron chi connectivity index (χ3n) is 3.44. The van der Waals surface area contributed by atoms with Crippen molar-refractivity contribution in [1.29, 1.82) is 0 Å². The minimum absolute atomic E-state index is 0. The molecule has 0 bridgehead atoms. The molecule has 0 radical (unpaired) electrons. The number of hydrogen-bond acceptors (Lipinski definition) is 3. The SMILES string of the molecule is CN=C(NCC(=O)Nc1cccc(F)c1)NCC(C)c1ccsc1.I. The Morgan fingerprint density at radius 3 is 2.76 bits per heavy atom. The van der Waals surface area contributed by atoms with E-state index >= 15 is 0 Å². The van der Waals surface area contributed by atoms with Gasteiger partial charge in [-0.3, -0.25) is 9.79 Å². The third-order valence-corrected chi connectivity index (χ3v) is 4.14. The highest BCUT2D eigenvalue weighted by molar-refractivity contribution is 14.0. The quantitative estimate of drug-likeness (QED) is 0.340. The first-order chi connectivity index (χ1) is 11.6. The van der Waals surface area contributed by atoms with Gasteiger partial charge in [-0.25, -0.2) is 4.39 Å². The van der Waals surface area contributed by atoms with Crippen LogP contribution in [0.5, 0.6) is 0 Å². The van der Waals surface area contributed by atoms with Crippen LogP contribution in [0.25, 0.3) is 0 Å². The lowest BCUT2D eigenvalue weighted by Crippen LogP contribution is -2.42. The molecule has 1 amide bonds. The first kappa shape index (κ1) is 21.4. The number of hydrogen-bond donors (Lipinski definition) is 3. The molecule has 8 heteroatoms. The number of aliphatic imine (C=N–C) groups is 1. The van der Waals surface area contributed by atoms with Gasteiger partial charge in [0.25, 0.3) is 0 Å². The number of carbonyl (C=O) groups excluding carboxylic acids is 1. The number of thiophene rings is 1. The van der Waals surface area contributed by atoms with E-state index in [-0.39, 0.29) is 42.2 Å². The zero-order valence-electron chi connectivity index (χ0n) is 14.1. The summed E-state index contributed by atoms with van der Waals surface area (Å²) in [6, 6.07) is 7.88. The molecular formula is C17H22FIN4OS. The monoisotopic (exact) mass is 476 g/mol. The predicted molar refractivity (Wildman–Crippen MR) is 113 cm³/mol. The summed E-state index contributed by atoms with van der Waals surface area (Å²) < 4.78 is 13.1. The Balaban J connectivity index is 0.00000312. The van der Waals surface area contributed by atoms with Gasteiger partial charge in [-0.1, -0.05) is 13.0 Å². The Labute approximate surface area is 168 Å². The third kappa shape index (κ3) is 7.39. The summed E-state index contributed by atoms with van der Waals surface area (Å²) in [5.41, 5.74) is 1.70. The fourth-order valence-electron chi connectivity index (χ4n) is 2.08. The van der Waals surface area contributed by atoms with Crippen molar-refractivity contribution >= 4 is 52.9 Å². The van der Waals surface area contributed by atoms with Crippen molar-refractivity contribution in [2.45, 2.75) is 12.8 Å². The lowest BCUT2D eigenvalue weighted by molar-refractivity contribution is -0.115. The Morgan fingerprint density at radius 1 is 1.32 bits per heavy atom. The smallest absolute Gasteiger partial charge is 0.243 e. The normalized spacial score (nSPS) is 12.0. The molecule has 136 valence electrons. The van der Waals surface area contributed by atoms with Gasteiger partial charge in [-0.2, -0.15) is 11.3 Å². The molecule has 3 N–H and O–H groups in total. The highest BCUT2D eigenvalue weighted by atomic mass is 127. The number of nitrogens with zero attached hydrogens (tertiary/aromatic N) is 1. The second-order valence-corrected chi connectivity index (χ2v) is 6.10. The second-order valence-electron chi connectivity index (χ2n) is 5.32. The van der Waals surface area contributed by atoms with Crippen molar-refractivity contribution in [3.8, 4) is 0 Å². The average molecular weight is 476 g/mol. The maximum Gasteiger partial charge on any atom is 0.243 e. The molecule has 0 saturated heterocycles. The number of halogens is 2. The van der Waals surface area contributed by atoms with E-state index in [9.17, 15) is 9.18 Å². The van der Waals surface area contributed by atoms with Crippen molar-refractivity contribution in [3.05, 3.63) is 52.5 Å². The first-order valence-corrected chi connectivity index (χ1v) is 8.55. The van der Waals surface area contributed by atoms with Gasteiger partial charge in [0.15, 0.2) is 5.96 Å². The minimum Gasteiger partial charge on any atom is -0.356 e. The largest absolute Gasteiger partial charge is 0.356 e. The first-order valence-electron chi connectivity index (χ1n) is 7.60. The number of amides is 1. The zero-order valence-corrected chi connectivity index (χ0v) is 17.2. The molecule has 1 aromatic heterocycles. The molecule has 1 atom stereocenters. The van der Waals surface area contributed by atoms with Gasteiger partial charge in [-0.15, -0.1) is 24.0 Å². The molecule has 2 rings (SSSR count). The van der Waals surface area contributed by atoms with Crippen molar-refractivity contribution < 1.29 is 9.18 Å². The fourth-order valence-corrected chi connectivity index (χ4v) is 2.86. The minimum atomic E-state index is -0.388. The number of carbonyl (C=O) groups is 1. The van der Waals surface area contributed by atoms with Gasteiger partial charge in [0.1, 0.15) is 5.82 Å². The number of rotatable bonds is 6. The standard InChI is InChI=1S/C17H21FN4OS.HI/c1-12(13-6-7-24-11-13)9-20-17(19-2)21-10-16(23)22-15-5-3-4-14(18)8-15;/h3-8,11-12H,9-10H2,1-2H3,(H,22,23)(H2,19,20,21);1H. The van der Waals surface area contributed by atoms with E-state index in [1.807, 2.05) is 0 Å². The molecule has 1 heterocycles. The molecule has 0 aliphatic rings. The van der Waals surface area contributed by atoms with Gasteiger partial charge < -0.3 is 16.0 Å². The molecule has 25 heavy (non-hydrogen) atoms. The van der Waals surface area contributed by atoms with E-state index in [0.717, 1.165) is 0 Å². The lowest BCUT2D eigenvalue weighted by Gasteiger charge is -2.15. The number of guanidine groups is 1. The Morgan fingerprint density at radius 2 is 2.12 bits per heavy atom. The summed E-state index contributed by atoms with van der Waals surface area (Å²) in [7, 11) is 1.65. The lowest BCUT2D eigenvalue weighted by atomic mass is 10.1. The Hall–Kier alpha value is -1.68. The molecule has 0 saturated carbocycles. The van der Waals surface area contributed by atoms with E-state index in [2.05, 4.69) is 44.7 Å². The molecule has 2 aromatic rings. The highest BCUT2D eigenvalue weighted by Gasteiger charge is 2.08. The summed E-state index contributed by atoms with van der Waals surface area (Å²) in [6.07, 6.45) is 0. The van der Waals surface area contributed by atoms with Crippen LogP contribution in [-0.2, 0) is 4.79 Å². The van der Waals surface area contributed by atoms with Gasteiger partial charge in [-0.05, 0) is 46.5 Å². The van der Waals surface area contributed by atoms with Crippen LogP contribution < -0.4 is 16.0 Å². The topological polar surface area (TPSA) is 65.5 Å². The Kier molecular flexibility index (Phi) is 9.43. The molecular weight excluding hydrogens is 454 g/mol. The van der Waals surface area contributed by atoms with E-state index in [1.54, 1.807) is 30.5 Å². The highest BCUT2D eigenvalue weighted by Crippen LogP contribution is 2.16. The van der Waals surface area contributed by atoms with Crippen LogP contribution in [0.4, 0.5) is 10.1 Å². The van der Waals surface area contributed by atoms with Gasteiger partial charge in [0, 0.05) is 19.3 Å². The molecule has 0 aliphatic carbocycles. The fraction of sp³-hybridized carbons (Fsp3) is 0.294.